The van der Waals surface area contributed by atoms with Gasteiger partial charge < -0.3 is 15.1 Å². The number of carbonyl (C=O) groups is 1. The molecule has 1 unspecified atom stereocenters. The standard InChI is InChI=1S/C15H18N2O2/c1-15(6-7-16,10-19-2)14(18)12-3-4-13-11(9-12)5-8-17-13/h3-5,7-9,16-17H,6,10H2,1-2H3. The van der Waals surface area contributed by atoms with Crippen LogP contribution in [0.25, 0.3) is 10.9 Å². The molecule has 0 bridgehead atoms. The summed E-state index contributed by atoms with van der Waals surface area (Å²) < 4.78 is 5.14. The minimum atomic E-state index is -0.680. The number of benzene rings is 1. The number of nitrogens with one attached hydrogen (secondary N) is 2. The van der Waals surface area contributed by atoms with Crippen molar-refractivity contribution in [2.24, 2.45) is 5.41 Å². The van der Waals surface area contributed by atoms with E-state index in [-0.39, 0.29) is 5.78 Å². The van der Waals surface area contributed by atoms with E-state index < -0.39 is 5.41 Å². The van der Waals surface area contributed by atoms with E-state index in [1.807, 2.05) is 37.4 Å². The van der Waals surface area contributed by atoms with Crippen molar-refractivity contribution in [2.75, 3.05) is 13.7 Å². The van der Waals surface area contributed by atoms with Crippen molar-refractivity contribution in [1.82, 2.24) is 4.98 Å². The smallest absolute Gasteiger partial charge is 0.171 e. The van der Waals surface area contributed by atoms with E-state index in [1.165, 1.54) is 6.21 Å². The third-order valence-corrected chi connectivity index (χ3v) is 3.38. The number of Topliss-reactive ketones (excluding diaryl/α,β-unsaturated/α-hetero) is 1. The predicted molar refractivity (Wildman–Crippen MR) is 76.0 cm³/mol. The van der Waals surface area contributed by atoms with Crippen molar-refractivity contribution >= 4 is 22.9 Å². The minimum absolute atomic E-state index is 0.0148. The van der Waals surface area contributed by atoms with Gasteiger partial charge in [0.05, 0.1) is 12.0 Å². The van der Waals surface area contributed by atoms with Crippen LogP contribution in [0.2, 0.25) is 0 Å². The molecule has 0 fully saturated rings. The first-order valence-electron chi connectivity index (χ1n) is 6.20. The van der Waals surface area contributed by atoms with Crippen LogP contribution in [0.5, 0.6) is 0 Å². The van der Waals surface area contributed by atoms with E-state index in [1.54, 1.807) is 7.11 Å². The van der Waals surface area contributed by atoms with Crippen molar-refractivity contribution in [3.8, 4) is 0 Å². The summed E-state index contributed by atoms with van der Waals surface area (Å²) in [6.07, 6.45) is 3.50. The summed E-state index contributed by atoms with van der Waals surface area (Å²) in [5.74, 6) is 0.0148. The van der Waals surface area contributed by atoms with Gasteiger partial charge in [0.2, 0.25) is 0 Å². The average molecular weight is 258 g/mol. The van der Waals surface area contributed by atoms with Crippen LogP contribution in [0.1, 0.15) is 23.7 Å². The van der Waals surface area contributed by atoms with Gasteiger partial charge in [0.1, 0.15) is 0 Å². The Morgan fingerprint density at radius 2 is 2.26 bits per heavy atom. The second-order valence-corrected chi connectivity index (χ2v) is 5.01. The molecule has 4 nitrogen and oxygen atoms in total. The number of ketones is 1. The van der Waals surface area contributed by atoms with Gasteiger partial charge in [-0.05, 0) is 43.8 Å². The van der Waals surface area contributed by atoms with Gasteiger partial charge in [0.25, 0.3) is 0 Å². The van der Waals surface area contributed by atoms with Gasteiger partial charge in [-0.25, -0.2) is 0 Å². The molecule has 0 amide bonds. The molecule has 0 radical (unpaired) electrons. The fourth-order valence-corrected chi connectivity index (χ4v) is 2.30. The van der Waals surface area contributed by atoms with Crippen molar-refractivity contribution in [3.63, 3.8) is 0 Å². The maximum atomic E-state index is 12.6. The number of rotatable bonds is 6. The van der Waals surface area contributed by atoms with E-state index in [4.69, 9.17) is 10.1 Å². The molecule has 100 valence electrons. The van der Waals surface area contributed by atoms with Crippen LogP contribution in [0.4, 0.5) is 0 Å². The third-order valence-electron chi connectivity index (χ3n) is 3.38. The molecule has 2 rings (SSSR count). The Morgan fingerprint density at radius 3 is 2.95 bits per heavy atom. The van der Waals surface area contributed by atoms with Gasteiger partial charge in [0.15, 0.2) is 5.78 Å². The molecule has 1 aromatic heterocycles. The number of aromatic nitrogens is 1. The summed E-state index contributed by atoms with van der Waals surface area (Å²) >= 11 is 0. The molecular formula is C15H18N2O2. The highest BCUT2D eigenvalue weighted by Crippen LogP contribution is 2.27. The van der Waals surface area contributed by atoms with Crippen LogP contribution in [0.15, 0.2) is 30.5 Å². The van der Waals surface area contributed by atoms with Crippen LogP contribution in [-0.2, 0) is 4.74 Å². The number of fused-ring (bicyclic) bond motifs is 1. The fourth-order valence-electron chi connectivity index (χ4n) is 2.30. The molecule has 0 saturated carbocycles. The first-order chi connectivity index (χ1) is 9.10. The molecule has 0 spiro atoms. The summed E-state index contributed by atoms with van der Waals surface area (Å²) in [4.78, 5) is 15.7. The first kappa shape index (κ1) is 13.5. The van der Waals surface area contributed by atoms with Gasteiger partial charge in [0, 0.05) is 29.8 Å². The van der Waals surface area contributed by atoms with Crippen molar-refractivity contribution < 1.29 is 9.53 Å². The molecule has 1 aromatic carbocycles. The molecular weight excluding hydrogens is 240 g/mol. The molecule has 0 aliphatic heterocycles. The first-order valence-corrected chi connectivity index (χ1v) is 6.20. The lowest BCUT2D eigenvalue weighted by molar-refractivity contribution is 0.0602. The lowest BCUT2D eigenvalue weighted by atomic mass is 9.80. The maximum Gasteiger partial charge on any atom is 0.171 e. The molecule has 0 aliphatic rings. The number of aromatic amines is 1. The van der Waals surface area contributed by atoms with Gasteiger partial charge in [-0.2, -0.15) is 0 Å². The zero-order valence-electron chi connectivity index (χ0n) is 11.2. The molecule has 4 heteroatoms. The Morgan fingerprint density at radius 1 is 1.47 bits per heavy atom. The van der Waals surface area contributed by atoms with Crippen molar-refractivity contribution in [1.29, 1.82) is 5.41 Å². The molecule has 2 aromatic rings. The average Bonchev–Trinajstić information content (AvgIpc) is 2.85. The van der Waals surface area contributed by atoms with Crippen LogP contribution in [0, 0.1) is 10.8 Å². The van der Waals surface area contributed by atoms with E-state index in [2.05, 4.69) is 4.98 Å². The lowest BCUT2D eigenvalue weighted by Gasteiger charge is -2.25. The zero-order chi connectivity index (χ0) is 13.9. The molecule has 1 atom stereocenters. The number of hydrogen-bond acceptors (Lipinski definition) is 3. The number of H-pyrrole nitrogens is 1. The van der Waals surface area contributed by atoms with Crippen LogP contribution >= 0.6 is 0 Å². The highest BCUT2D eigenvalue weighted by atomic mass is 16.5. The Hall–Kier alpha value is -1.94. The van der Waals surface area contributed by atoms with Crippen LogP contribution < -0.4 is 0 Å². The topological polar surface area (TPSA) is 65.9 Å². The Kier molecular flexibility index (Phi) is 3.81. The van der Waals surface area contributed by atoms with Gasteiger partial charge in [-0.1, -0.05) is 0 Å². The summed E-state index contributed by atoms with van der Waals surface area (Å²) in [5.41, 5.74) is 0.992. The van der Waals surface area contributed by atoms with E-state index in [0.717, 1.165) is 10.9 Å². The van der Waals surface area contributed by atoms with E-state index >= 15 is 0 Å². The van der Waals surface area contributed by atoms with E-state index in [9.17, 15) is 4.79 Å². The lowest BCUT2D eigenvalue weighted by Crippen LogP contribution is -2.33. The monoisotopic (exact) mass is 258 g/mol. The molecule has 19 heavy (non-hydrogen) atoms. The quantitative estimate of drug-likeness (QED) is 0.617. The summed E-state index contributed by atoms with van der Waals surface area (Å²) in [7, 11) is 1.57. The SMILES string of the molecule is COCC(C)(CC=N)C(=O)c1ccc2[nH]ccc2c1. The Labute approximate surface area is 112 Å². The van der Waals surface area contributed by atoms with Crippen molar-refractivity contribution in [3.05, 3.63) is 36.0 Å². The number of methoxy groups -OCH3 is 1. The van der Waals surface area contributed by atoms with Crippen LogP contribution in [-0.4, -0.2) is 30.7 Å². The number of ether oxygens (including phenoxy) is 1. The van der Waals surface area contributed by atoms with Gasteiger partial charge >= 0.3 is 0 Å². The maximum absolute atomic E-state index is 12.6. The van der Waals surface area contributed by atoms with Gasteiger partial charge in [-0.15, -0.1) is 0 Å². The molecule has 1 heterocycles. The largest absolute Gasteiger partial charge is 0.384 e. The summed E-state index contributed by atoms with van der Waals surface area (Å²) in [6.45, 7) is 2.15. The Balaban J connectivity index is 2.37. The summed E-state index contributed by atoms with van der Waals surface area (Å²) in [6, 6.07) is 7.54. The van der Waals surface area contributed by atoms with Crippen molar-refractivity contribution in [2.45, 2.75) is 13.3 Å². The Bertz CT molecular complexity index is 603. The molecule has 0 saturated heterocycles. The number of hydrogen-bond donors (Lipinski definition) is 2. The third kappa shape index (κ3) is 2.58. The molecule has 2 N–H and O–H groups in total. The van der Waals surface area contributed by atoms with Crippen LogP contribution in [0.3, 0.4) is 0 Å². The van der Waals surface area contributed by atoms with E-state index in [0.29, 0.717) is 18.6 Å². The summed E-state index contributed by atoms with van der Waals surface area (Å²) in [5, 5.41) is 8.28. The normalized spacial score (nSPS) is 14.2. The second kappa shape index (κ2) is 5.36. The highest BCUT2D eigenvalue weighted by molar-refractivity contribution is 6.03. The molecule has 0 aliphatic carbocycles. The number of carbonyl (C=O) groups excluding carboxylic acids is 1. The fraction of sp³-hybridized carbons (Fsp3) is 0.333. The van der Waals surface area contributed by atoms with Gasteiger partial charge in [-0.3, -0.25) is 4.79 Å². The predicted octanol–water partition coefficient (Wildman–Crippen LogP) is 3.04. The zero-order valence-corrected chi connectivity index (χ0v) is 11.2. The minimum Gasteiger partial charge on any atom is -0.384 e. The second-order valence-electron chi connectivity index (χ2n) is 5.01. The highest BCUT2D eigenvalue weighted by Gasteiger charge is 2.33.